The molecule has 0 saturated heterocycles. The smallest absolute Gasteiger partial charge is 0.0595 e. The Labute approximate surface area is 143 Å². The number of halogens is 2. The van der Waals surface area contributed by atoms with E-state index in [2.05, 4.69) is 24.4 Å². The zero-order valence-corrected chi connectivity index (χ0v) is 15.1. The third-order valence-corrected chi connectivity index (χ3v) is 6.12. The van der Waals surface area contributed by atoms with Gasteiger partial charge in [0.25, 0.3) is 0 Å². The van der Waals surface area contributed by atoms with Gasteiger partial charge in [-0.15, -0.1) is 0 Å². The lowest BCUT2D eigenvalue weighted by Crippen LogP contribution is -2.35. The maximum Gasteiger partial charge on any atom is 0.0595 e. The van der Waals surface area contributed by atoms with E-state index in [1.54, 1.807) is 0 Å². The van der Waals surface area contributed by atoms with Crippen LogP contribution < -0.4 is 5.32 Å². The summed E-state index contributed by atoms with van der Waals surface area (Å²) in [6.07, 6.45) is 6.39. The monoisotopic (exact) mass is 345 g/mol. The van der Waals surface area contributed by atoms with Gasteiger partial charge in [0.05, 0.1) is 10.0 Å². The number of rotatable bonds is 9. The van der Waals surface area contributed by atoms with Gasteiger partial charge in [-0.2, -0.15) is 11.8 Å². The Bertz CT molecular complexity index is 446. The molecule has 1 N–H and O–H groups in total. The number of hydrogen-bond donors (Lipinski definition) is 1. The molecule has 4 heteroatoms. The lowest BCUT2D eigenvalue weighted by Gasteiger charge is -2.43. The highest BCUT2D eigenvalue weighted by Gasteiger charge is 2.38. The van der Waals surface area contributed by atoms with E-state index in [0.717, 1.165) is 13.1 Å². The molecule has 1 aliphatic rings. The minimum Gasteiger partial charge on any atom is -0.316 e. The van der Waals surface area contributed by atoms with E-state index in [4.69, 9.17) is 23.2 Å². The van der Waals surface area contributed by atoms with E-state index in [0.29, 0.717) is 15.5 Å². The van der Waals surface area contributed by atoms with Gasteiger partial charge in [-0.25, -0.2) is 0 Å². The normalized spacial score (nSPS) is 16.7. The lowest BCUT2D eigenvalue weighted by molar-refractivity contribution is 0.220. The van der Waals surface area contributed by atoms with Crippen molar-refractivity contribution in [1.82, 2.24) is 5.32 Å². The minimum absolute atomic E-state index is 0.355. The molecule has 2 rings (SSSR count). The van der Waals surface area contributed by atoms with E-state index in [-0.39, 0.29) is 0 Å². The van der Waals surface area contributed by atoms with Crippen LogP contribution in [-0.4, -0.2) is 24.6 Å². The average molecular weight is 346 g/mol. The maximum absolute atomic E-state index is 6.19. The highest BCUT2D eigenvalue weighted by Crippen LogP contribution is 2.48. The van der Waals surface area contributed by atoms with Crippen molar-refractivity contribution in [3.8, 4) is 0 Å². The predicted molar refractivity (Wildman–Crippen MR) is 97.1 cm³/mol. The first-order chi connectivity index (χ1) is 10.2. The number of benzene rings is 1. The standard InChI is InChI=1S/C17H25Cl2NS/c1-2-21-12-11-20-10-4-9-17(7-3-8-17)14-5-6-15(18)16(19)13-14/h5-6,13,20H,2-4,7-12H2,1H3. The summed E-state index contributed by atoms with van der Waals surface area (Å²) in [5, 5.41) is 4.89. The van der Waals surface area contributed by atoms with Crippen molar-refractivity contribution < 1.29 is 0 Å². The van der Waals surface area contributed by atoms with Crippen LogP contribution in [0.2, 0.25) is 10.0 Å². The molecule has 0 amide bonds. The molecule has 0 atom stereocenters. The van der Waals surface area contributed by atoms with Crippen molar-refractivity contribution in [3.63, 3.8) is 0 Å². The summed E-state index contributed by atoms with van der Waals surface area (Å²) >= 11 is 14.2. The summed E-state index contributed by atoms with van der Waals surface area (Å²) in [4.78, 5) is 0. The Balaban J connectivity index is 1.80. The van der Waals surface area contributed by atoms with Crippen LogP contribution in [0.25, 0.3) is 0 Å². The van der Waals surface area contributed by atoms with Crippen LogP contribution in [0.5, 0.6) is 0 Å². The van der Waals surface area contributed by atoms with Gasteiger partial charge in [0.15, 0.2) is 0 Å². The third kappa shape index (κ3) is 4.79. The van der Waals surface area contributed by atoms with Gasteiger partial charge in [0, 0.05) is 12.3 Å². The summed E-state index contributed by atoms with van der Waals surface area (Å²) in [5.74, 6) is 2.43. The molecular formula is C17H25Cl2NS. The topological polar surface area (TPSA) is 12.0 Å². The fourth-order valence-electron chi connectivity index (χ4n) is 3.08. The SMILES string of the molecule is CCSCCNCCCC1(c2ccc(Cl)c(Cl)c2)CCC1. The van der Waals surface area contributed by atoms with Gasteiger partial charge < -0.3 is 5.32 Å². The molecule has 0 radical (unpaired) electrons. The van der Waals surface area contributed by atoms with Gasteiger partial charge in [-0.3, -0.25) is 0 Å². The van der Waals surface area contributed by atoms with E-state index < -0.39 is 0 Å². The molecular weight excluding hydrogens is 321 g/mol. The fourth-order valence-corrected chi connectivity index (χ4v) is 3.95. The van der Waals surface area contributed by atoms with Crippen LogP contribution >= 0.6 is 35.0 Å². The molecule has 1 nitrogen and oxygen atoms in total. The Hall–Kier alpha value is 0.110. The molecule has 1 aliphatic carbocycles. The molecule has 0 spiro atoms. The van der Waals surface area contributed by atoms with Crippen molar-refractivity contribution in [3.05, 3.63) is 33.8 Å². The lowest BCUT2D eigenvalue weighted by atomic mass is 9.62. The summed E-state index contributed by atoms with van der Waals surface area (Å²) < 4.78 is 0. The molecule has 1 saturated carbocycles. The molecule has 1 aromatic rings. The quantitative estimate of drug-likeness (QED) is 0.589. The van der Waals surface area contributed by atoms with Crippen molar-refractivity contribution >= 4 is 35.0 Å². The van der Waals surface area contributed by atoms with Crippen LogP contribution in [0.3, 0.4) is 0 Å². The molecule has 0 aliphatic heterocycles. The van der Waals surface area contributed by atoms with Crippen LogP contribution in [0.15, 0.2) is 18.2 Å². The van der Waals surface area contributed by atoms with Crippen LogP contribution in [0.4, 0.5) is 0 Å². The first-order valence-electron chi connectivity index (χ1n) is 7.92. The summed E-state index contributed by atoms with van der Waals surface area (Å²) in [7, 11) is 0. The molecule has 118 valence electrons. The summed E-state index contributed by atoms with van der Waals surface area (Å²) in [5.41, 5.74) is 1.73. The molecule has 0 unspecified atom stereocenters. The Morgan fingerprint density at radius 3 is 2.62 bits per heavy atom. The Kier molecular flexibility index (Phi) is 7.21. The highest BCUT2D eigenvalue weighted by molar-refractivity contribution is 7.99. The summed E-state index contributed by atoms with van der Waals surface area (Å²) in [6, 6.07) is 6.19. The highest BCUT2D eigenvalue weighted by atomic mass is 35.5. The van der Waals surface area contributed by atoms with Crippen molar-refractivity contribution in [2.24, 2.45) is 0 Å². The molecule has 0 heterocycles. The van der Waals surface area contributed by atoms with E-state index in [1.165, 1.54) is 49.2 Å². The third-order valence-electron chi connectivity index (χ3n) is 4.48. The van der Waals surface area contributed by atoms with Gasteiger partial charge in [-0.1, -0.05) is 42.6 Å². The van der Waals surface area contributed by atoms with E-state index in [9.17, 15) is 0 Å². The molecule has 0 bridgehead atoms. The zero-order chi connectivity index (χ0) is 15.1. The molecule has 1 aromatic carbocycles. The van der Waals surface area contributed by atoms with Crippen molar-refractivity contribution in [2.45, 2.75) is 44.4 Å². The van der Waals surface area contributed by atoms with Crippen molar-refractivity contribution in [2.75, 3.05) is 24.6 Å². The number of thioether (sulfide) groups is 1. The second-order valence-corrected chi connectivity index (χ2v) is 8.02. The van der Waals surface area contributed by atoms with Crippen LogP contribution in [0, 0.1) is 0 Å². The first-order valence-corrected chi connectivity index (χ1v) is 9.83. The largest absolute Gasteiger partial charge is 0.316 e. The molecule has 21 heavy (non-hydrogen) atoms. The molecule has 0 aromatic heterocycles. The van der Waals surface area contributed by atoms with Crippen molar-refractivity contribution in [1.29, 1.82) is 0 Å². The first kappa shape index (κ1) is 17.5. The number of nitrogens with one attached hydrogen (secondary N) is 1. The Morgan fingerprint density at radius 1 is 1.19 bits per heavy atom. The summed E-state index contributed by atoms with van der Waals surface area (Å²) in [6.45, 7) is 4.45. The van der Waals surface area contributed by atoms with E-state index in [1.807, 2.05) is 17.8 Å². The van der Waals surface area contributed by atoms with Gasteiger partial charge >= 0.3 is 0 Å². The fraction of sp³-hybridized carbons (Fsp3) is 0.647. The number of hydrogen-bond acceptors (Lipinski definition) is 2. The van der Waals surface area contributed by atoms with E-state index >= 15 is 0 Å². The maximum atomic E-state index is 6.19. The predicted octanol–water partition coefficient (Wildman–Crippen LogP) is 5.54. The zero-order valence-electron chi connectivity index (χ0n) is 12.8. The molecule has 1 fully saturated rings. The van der Waals surface area contributed by atoms with Gasteiger partial charge in [0.2, 0.25) is 0 Å². The Morgan fingerprint density at radius 2 is 2.00 bits per heavy atom. The van der Waals surface area contributed by atoms with Crippen LogP contribution in [0.1, 0.15) is 44.6 Å². The van der Waals surface area contributed by atoms with Crippen LogP contribution in [-0.2, 0) is 5.41 Å². The van der Waals surface area contributed by atoms with Gasteiger partial charge in [0.1, 0.15) is 0 Å². The second-order valence-electron chi connectivity index (χ2n) is 5.81. The average Bonchev–Trinajstić information content (AvgIpc) is 2.43. The van der Waals surface area contributed by atoms with Gasteiger partial charge in [-0.05, 0) is 61.1 Å². The minimum atomic E-state index is 0.355. The second kappa shape index (κ2) is 8.67.